The zero-order valence-corrected chi connectivity index (χ0v) is 8.77. The van der Waals surface area contributed by atoms with E-state index in [0.29, 0.717) is 5.56 Å². The smallest absolute Gasteiger partial charge is 0.358 e. The Balaban J connectivity index is 2.60. The second kappa shape index (κ2) is 3.89. The third-order valence-corrected chi connectivity index (χ3v) is 2.30. The first kappa shape index (κ1) is 11.1. The van der Waals surface area contributed by atoms with E-state index in [4.69, 9.17) is 9.63 Å². The van der Waals surface area contributed by atoms with Crippen LogP contribution < -0.4 is 0 Å². The maximum Gasteiger partial charge on any atom is 0.358 e. The highest BCUT2D eigenvalue weighted by Crippen LogP contribution is 2.34. The molecule has 0 aliphatic rings. The summed E-state index contributed by atoms with van der Waals surface area (Å²) in [5.41, 5.74) is -0.0834. The molecular weight excluding hydrogens is 229 g/mol. The van der Waals surface area contributed by atoms with Crippen LogP contribution in [0.4, 0.5) is 4.39 Å². The van der Waals surface area contributed by atoms with Crippen molar-refractivity contribution in [1.82, 2.24) is 5.16 Å². The van der Waals surface area contributed by atoms with E-state index < -0.39 is 11.8 Å². The van der Waals surface area contributed by atoms with Crippen LogP contribution >= 0.6 is 0 Å². The lowest BCUT2D eigenvalue weighted by Gasteiger charge is -2.04. The monoisotopic (exact) mass is 237 g/mol. The number of aromatic hydroxyl groups is 1. The molecule has 1 heterocycles. The molecule has 88 valence electrons. The SMILES string of the molecule is Cc1ccc(F)c(-c2cc(C(=O)O)no2)c1O. The van der Waals surface area contributed by atoms with Gasteiger partial charge in [-0.1, -0.05) is 11.2 Å². The molecule has 0 fully saturated rings. The average molecular weight is 237 g/mol. The molecule has 0 bridgehead atoms. The summed E-state index contributed by atoms with van der Waals surface area (Å²) in [5.74, 6) is -2.41. The van der Waals surface area contributed by atoms with Crippen molar-refractivity contribution in [2.75, 3.05) is 0 Å². The lowest BCUT2D eigenvalue weighted by molar-refractivity contribution is 0.0686. The third-order valence-electron chi connectivity index (χ3n) is 2.30. The Kier molecular flexibility index (Phi) is 2.55. The fourth-order valence-electron chi connectivity index (χ4n) is 1.40. The zero-order valence-electron chi connectivity index (χ0n) is 8.77. The number of hydrogen-bond donors (Lipinski definition) is 2. The number of hydrogen-bond acceptors (Lipinski definition) is 4. The Labute approximate surface area is 95.1 Å². The van der Waals surface area contributed by atoms with Gasteiger partial charge in [-0.15, -0.1) is 0 Å². The molecule has 0 atom stereocenters. The van der Waals surface area contributed by atoms with E-state index in [1.54, 1.807) is 6.92 Å². The van der Waals surface area contributed by atoms with Gasteiger partial charge in [0.15, 0.2) is 11.5 Å². The molecule has 2 rings (SSSR count). The van der Waals surface area contributed by atoms with E-state index in [1.807, 2.05) is 0 Å². The van der Waals surface area contributed by atoms with Gasteiger partial charge in [-0.05, 0) is 18.6 Å². The van der Waals surface area contributed by atoms with Crippen molar-refractivity contribution < 1.29 is 23.9 Å². The highest BCUT2D eigenvalue weighted by atomic mass is 19.1. The van der Waals surface area contributed by atoms with Crippen LogP contribution in [0.3, 0.4) is 0 Å². The summed E-state index contributed by atoms with van der Waals surface area (Å²) in [7, 11) is 0. The number of aromatic nitrogens is 1. The Bertz CT molecular complexity index is 591. The number of carbonyl (C=O) groups is 1. The van der Waals surface area contributed by atoms with E-state index in [-0.39, 0.29) is 22.8 Å². The van der Waals surface area contributed by atoms with Crippen LogP contribution in [0.15, 0.2) is 22.7 Å². The lowest BCUT2D eigenvalue weighted by Crippen LogP contribution is -1.94. The molecule has 0 aliphatic carbocycles. The minimum atomic E-state index is -1.28. The first-order chi connectivity index (χ1) is 8.00. The fraction of sp³-hybridized carbons (Fsp3) is 0.0909. The van der Waals surface area contributed by atoms with Gasteiger partial charge in [-0.3, -0.25) is 0 Å². The van der Waals surface area contributed by atoms with E-state index >= 15 is 0 Å². The van der Waals surface area contributed by atoms with Gasteiger partial charge in [0.05, 0.1) is 5.56 Å². The number of phenolic OH excluding ortho intramolecular Hbond substituents is 1. The molecule has 1 aromatic heterocycles. The van der Waals surface area contributed by atoms with Gasteiger partial charge in [-0.25, -0.2) is 9.18 Å². The zero-order chi connectivity index (χ0) is 12.6. The number of carboxylic acids is 1. The van der Waals surface area contributed by atoms with Crippen molar-refractivity contribution in [2.24, 2.45) is 0 Å². The molecule has 0 spiro atoms. The number of benzene rings is 1. The summed E-state index contributed by atoms with van der Waals surface area (Å²) in [6.45, 7) is 1.59. The molecular formula is C11H8FNO4. The van der Waals surface area contributed by atoms with Crippen molar-refractivity contribution in [3.05, 3.63) is 35.3 Å². The molecule has 2 N–H and O–H groups in total. The molecule has 1 aromatic carbocycles. The highest BCUT2D eigenvalue weighted by molar-refractivity contribution is 5.86. The number of carboxylic acid groups (broad SMARTS) is 1. The van der Waals surface area contributed by atoms with E-state index in [2.05, 4.69) is 5.16 Å². The fourth-order valence-corrected chi connectivity index (χ4v) is 1.40. The molecule has 0 saturated carbocycles. The first-order valence-electron chi connectivity index (χ1n) is 4.69. The highest BCUT2D eigenvalue weighted by Gasteiger charge is 2.19. The number of aromatic carboxylic acids is 1. The Morgan fingerprint density at radius 2 is 2.18 bits per heavy atom. The molecule has 17 heavy (non-hydrogen) atoms. The van der Waals surface area contributed by atoms with Gasteiger partial charge in [0.25, 0.3) is 0 Å². The van der Waals surface area contributed by atoms with Crippen LogP contribution in [-0.2, 0) is 0 Å². The number of aryl methyl sites for hydroxylation is 1. The molecule has 0 aliphatic heterocycles. The normalized spacial score (nSPS) is 10.5. The van der Waals surface area contributed by atoms with Crippen LogP contribution in [0.25, 0.3) is 11.3 Å². The van der Waals surface area contributed by atoms with Crippen LogP contribution in [0.2, 0.25) is 0 Å². The predicted octanol–water partition coefficient (Wildman–Crippen LogP) is 2.19. The van der Waals surface area contributed by atoms with Crippen molar-refractivity contribution in [3.8, 4) is 17.1 Å². The largest absolute Gasteiger partial charge is 0.507 e. The predicted molar refractivity (Wildman–Crippen MR) is 55.3 cm³/mol. The number of halogens is 1. The van der Waals surface area contributed by atoms with Gasteiger partial charge < -0.3 is 14.7 Å². The molecule has 6 heteroatoms. The van der Waals surface area contributed by atoms with E-state index in [9.17, 15) is 14.3 Å². The maximum atomic E-state index is 13.5. The van der Waals surface area contributed by atoms with Gasteiger partial charge in [0.1, 0.15) is 11.6 Å². The summed E-state index contributed by atoms with van der Waals surface area (Å²) < 4.78 is 18.2. The maximum absolute atomic E-state index is 13.5. The van der Waals surface area contributed by atoms with Crippen molar-refractivity contribution in [2.45, 2.75) is 6.92 Å². The van der Waals surface area contributed by atoms with Crippen molar-refractivity contribution >= 4 is 5.97 Å². The van der Waals surface area contributed by atoms with Gasteiger partial charge in [-0.2, -0.15) is 0 Å². The van der Waals surface area contributed by atoms with Crippen molar-refractivity contribution in [1.29, 1.82) is 0 Å². The molecule has 0 amide bonds. The van der Waals surface area contributed by atoms with Crippen molar-refractivity contribution in [3.63, 3.8) is 0 Å². The summed E-state index contributed by atoms with van der Waals surface area (Å²) in [6.07, 6.45) is 0. The summed E-state index contributed by atoms with van der Waals surface area (Å²) >= 11 is 0. The molecule has 5 nitrogen and oxygen atoms in total. The third kappa shape index (κ3) is 1.84. The summed E-state index contributed by atoms with van der Waals surface area (Å²) in [5, 5.41) is 21.6. The number of nitrogens with zero attached hydrogens (tertiary/aromatic N) is 1. The Hall–Kier alpha value is -2.37. The van der Waals surface area contributed by atoms with Gasteiger partial charge >= 0.3 is 5.97 Å². The quantitative estimate of drug-likeness (QED) is 0.836. The van der Waals surface area contributed by atoms with E-state index in [0.717, 1.165) is 12.1 Å². The summed E-state index contributed by atoms with van der Waals surface area (Å²) in [4.78, 5) is 10.6. The minimum Gasteiger partial charge on any atom is -0.507 e. The topological polar surface area (TPSA) is 83.6 Å². The Morgan fingerprint density at radius 1 is 1.47 bits per heavy atom. The van der Waals surface area contributed by atoms with Crippen LogP contribution in [0, 0.1) is 12.7 Å². The average Bonchev–Trinajstić information content (AvgIpc) is 2.73. The van der Waals surface area contributed by atoms with Gasteiger partial charge in [0.2, 0.25) is 0 Å². The minimum absolute atomic E-state index is 0.124. The van der Waals surface area contributed by atoms with Crippen LogP contribution in [0.1, 0.15) is 16.1 Å². The first-order valence-corrected chi connectivity index (χ1v) is 4.69. The number of phenols is 1. The second-order valence-corrected chi connectivity index (χ2v) is 3.47. The number of rotatable bonds is 2. The molecule has 0 radical (unpaired) electrons. The molecule has 0 saturated heterocycles. The molecule has 2 aromatic rings. The standard InChI is InChI=1S/C11H8FNO4/c1-5-2-3-6(12)9(10(5)14)8-4-7(11(15)16)13-17-8/h2-4,14H,1H3,(H,15,16). The summed E-state index contributed by atoms with van der Waals surface area (Å²) in [6, 6.07) is 3.62. The molecule has 0 unspecified atom stereocenters. The van der Waals surface area contributed by atoms with Crippen LogP contribution in [0.5, 0.6) is 5.75 Å². The van der Waals surface area contributed by atoms with Gasteiger partial charge in [0, 0.05) is 6.07 Å². The Morgan fingerprint density at radius 3 is 2.76 bits per heavy atom. The van der Waals surface area contributed by atoms with Crippen LogP contribution in [-0.4, -0.2) is 21.3 Å². The second-order valence-electron chi connectivity index (χ2n) is 3.47. The lowest BCUT2D eigenvalue weighted by atomic mass is 10.1. The van der Waals surface area contributed by atoms with E-state index in [1.165, 1.54) is 6.07 Å².